The van der Waals surface area contributed by atoms with Crippen LogP contribution in [0.2, 0.25) is 0 Å². The predicted molar refractivity (Wildman–Crippen MR) is 63.4 cm³/mol. The Morgan fingerprint density at radius 2 is 1.78 bits per heavy atom. The largest absolute Gasteiger partial charge is 0.386 e. The fourth-order valence-corrected chi connectivity index (χ4v) is 1.26. The maximum absolute atomic E-state index is 13.1. The van der Waals surface area contributed by atoms with Gasteiger partial charge in [0.1, 0.15) is 29.7 Å². The fourth-order valence-electron chi connectivity index (χ4n) is 1.26. The number of nitrogens with one attached hydrogen (secondary N) is 2. The molecule has 0 bridgehead atoms. The van der Waals surface area contributed by atoms with E-state index in [4.69, 9.17) is 15.8 Å². The number of nitrogens with zero attached hydrogens (tertiary/aromatic N) is 3. The number of rotatable bonds is 3. The number of anilines is 2. The second kappa shape index (κ2) is 5.89. The van der Waals surface area contributed by atoms with Crippen LogP contribution in [0, 0.1) is 39.8 Å². The number of hydrogen-bond acceptors (Lipinski definition) is 5. The molecular formula is C12H8FN5. The SMILES string of the molecule is CNc1ccc(F)cc1NC(C#N)=C(C#N)C#N. The van der Waals surface area contributed by atoms with Crippen molar-refractivity contribution in [3.05, 3.63) is 35.3 Å². The molecule has 1 aromatic carbocycles. The van der Waals surface area contributed by atoms with Crippen LogP contribution in [0.3, 0.4) is 0 Å². The Kier molecular flexibility index (Phi) is 4.26. The molecule has 0 aromatic heterocycles. The van der Waals surface area contributed by atoms with Crippen molar-refractivity contribution in [2.24, 2.45) is 0 Å². The first-order valence-electron chi connectivity index (χ1n) is 4.85. The summed E-state index contributed by atoms with van der Waals surface area (Å²) in [5, 5.41) is 31.6. The summed E-state index contributed by atoms with van der Waals surface area (Å²) in [5.74, 6) is -0.496. The van der Waals surface area contributed by atoms with Crippen molar-refractivity contribution < 1.29 is 4.39 Å². The molecule has 0 aliphatic heterocycles. The van der Waals surface area contributed by atoms with E-state index in [-0.39, 0.29) is 17.0 Å². The van der Waals surface area contributed by atoms with Gasteiger partial charge in [-0.2, -0.15) is 15.8 Å². The summed E-state index contributed by atoms with van der Waals surface area (Å²) in [6.07, 6.45) is 0. The van der Waals surface area contributed by atoms with Crippen molar-refractivity contribution in [1.82, 2.24) is 0 Å². The topological polar surface area (TPSA) is 95.4 Å². The molecule has 0 atom stereocenters. The quantitative estimate of drug-likeness (QED) is 0.790. The summed E-state index contributed by atoms with van der Waals surface area (Å²) in [5.41, 5.74) is 0.238. The van der Waals surface area contributed by atoms with E-state index in [9.17, 15) is 4.39 Å². The number of nitriles is 3. The van der Waals surface area contributed by atoms with E-state index >= 15 is 0 Å². The van der Waals surface area contributed by atoms with Gasteiger partial charge in [-0.25, -0.2) is 4.39 Å². The van der Waals surface area contributed by atoms with Gasteiger partial charge in [0.25, 0.3) is 0 Å². The van der Waals surface area contributed by atoms with E-state index in [0.29, 0.717) is 5.69 Å². The Bertz CT molecular complexity index is 597. The third-order valence-corrected chi connectivity index (χ3v) is 2.10. The average Bonchev–Trinajstić information content (AvgIpc) is 2.39. The first-order valence-corrected chi connectivity index (χ1v) is 4.85. The van der Waals surface area contributed by atoms with Crippen molar-refractivity contribution in [2.45, 2.75) is 0 Å². The van der Waals surface area contributed by atoms with Crippen LogP contribution in [0.5, 0.6) is 0 Å². The smallest absolute Gasteiger partial charge is 0.163 e. The average molecular weight is 241 g/mol. The van der Waals surface area contributed by atoms with E-state index in [1.54, 1.807) is 25.3 Å². The highest BCUT2D eigenvalue weighted by Gasteiger charge is 2.09. The first kappa shape index (κ1) is 13.0. The molecule has 0 aliphatic carbocycles. The molecule has 0 radical (unpaired) electrons. The number of allylic oxidation sites excluding steroid dienone is 2. The van der Waals surface area contributed by atoms with Gasteiger partial charge in [-0.05, 0) is 18.2 Å². The van der Waals surface area contributed by atoms with Crippen molar-refractivity contribution in [1.29, 1.82) is 15.8 Å². The van der Waals surface area contributed by atoms with Crippen molar-refractivity contribution in [2.75, 3.05) is 17.7 Å². The Hall–Kier alpha value is -3.04. The molecule has 0 unspecified atom stereocenters. The minimum atomic E-state index is -0.496. The third-order valence-electron chi connectivity index (χ3n) is 2.10. The standard InChI is InChI=1S/C12H8FN5/c1-17-10-3-2-9(13)4-11(10)18-12(7-16)8(5-14)6-15/h2-4,17-18H,1H3. The minimum Gasteiger partial charge on any atom is -0.386 e. The molecule has 18 heavy (non-hydrogen) atoms. The molecule has 0 heterocycles. The molecule has 0 aliphatic rings. The monoisotopic (exact) mass is 241 g/mol. The highest BCUT2D eigenvalue weighted by atomic mass is 19.1. The highest BCUT2D eigenvalue weighted by Crippen LogP contribution is 2.24. The molecular weight excluding hydrogens is 233 g/mol. The maximum Gasteiger partial charge on any atom is 0.163 e. The molecule has 2 N–H and O–H groups in total. The normalized spacial score (nSPS) is 8.39. The van der Waals surface area contributed by atoms with Gasteiger partial charge in [-0.3, -0.25) is 0 Å². The zero-order chi connectivity index (χ0) is 13.5. The highest BCUT2D eigenvalue weighted by molar-refractivity contribution is 5.72. The molecule has 0 fully saturated rings. The number of hydrogen-bond donors (Lipinski definition) is 2. The third kappa shape index (κ3) is 2.75. The van der Waals surface area contributed by atoms with Gasteiger partial charge in [0.2, 0.25) is 0 Å². The summed E-state index contributed by atoms with van der Waals surface area (Å²) >= 11 is 0. The van der Waals surface area contributed by atoms with Crippen molar-refractivity contribution in [3.63, 3.8) is 0 Å². The second-order valence-corrected chi connectivity index (χ2v) is 3.15. The molecule has 0 saturated carbocycles. The second-order valence-electron chi connectivity index (χ2n) is 3.15. The summed E-state index contributed by atoms with van der Waals surface area (Å²) in [6, 6.07) is 8.78. The Morgan fingerprint density at radius 3 is 2.28 bits per heavy atom. The molecule has 0 spiro atoms. The van der Waals surface area contributed by atoms with Crippen LogP contribution in [0.1, 0.15) is 0 Å². The minimum absolute atomic E-state index is 0.220. The van der Waals surface area contributed by atoms with Crippen LogP contribution in [0.4, 0.5) is 15.8 Å². The Morgan fingerprint density at radius 1 is 1.11 bits per heavy atom. The van der Waals surface area contributed by atoms with Gasteiger partial charge in [0, 0.05) is 7.05 Å². The van der Waals surface area contributed by atoms with Crippen LogP contribution < -0.4 is 10.6 Å². The molecule has 0 amide bonds. The van der Waals surface area contributed by atoms with E-state index in [2.05, 4.69) is 10.6 Å². The van der Waals surface area contributed by atoms with Crippen molar-refractivity contribution in [3.8, 4) is 18.2 Å². The van der Waals surface area contributed by atoms with Crippen LogP contribution in [0.15, 0.2) is 29.5 Å². The van der Waals surface area contributed by atoms with Gasteiger partial charge >= 0.3 is 0 Å². The van der Waals surface area contributed by atoms with Crippen LogP contribution in [-0.2, 0) is 0 Å². The number of halogens is 1. The molecule has 1 aromatic rings. The Labute approximate surface area is 103 Å². The number of benzene rings is 1. The lowest BCUT2D eigenvalue weighted by molar-refractivity contribution is 0.628. The van der Waals surface area contributed by atoms with Crippen LogP contribution >= 0.6 is 0 Å². The first-order chi connectivity index (χ1) is 8.65. The van der Waals surface area contributed by atoms with Gasteiger partial charge in [0.05, 0.1) is 11.4 Å². The van der Waals surface area contributed by atoms with Crippen LogP contribution in [-0.4, -0.2) is 7.05 Å². The fraction of sp³-hybridized carbons (Fsp3) is 0.0833. The lowest BCUT2D eigenvalue weighted by atomic mass is 10.2. The molecule has 88 valence electrons. The van der Waals surface area contributed by atoms with E-state index < -0.39 is 5.82 Å². The maximum atomic E-state index is 13.1. The van der Waals surface area contributed by atoms with E-state index in [1.165, 1.54) is 12.1 Å². The van der Waals surface area contributed by atoms with Gasteiger partial charge in [-0.15, -0.1) is 0 Å². The summed E-state index contributed by atoms with van der Waals surface area (Å²) in [4.78, 5) is 0. The lowest BCUT2D eigenvalue weighted by Crippen LogP contribution is -2.04. The molecule has 5 nitrogen and oxygen atoms in total. The zero-order valence-electron chi connectivity index (χ0n) is 9.45. The molecule has 6 heteroatoms. The van der Waals surface area contributed by atoms with Gasteiger partial charge in [0.15, 0.2) is 5.57 Å². The van der Waals surface area contributed by atoms with Crippen molar-refractivity contribution >= 4 is 11.4 Å². The lowest BCUT2D eigenvalue weighted by Gasteiger charge is -2.10. The molecule has 0 saturated heterocycles. The predicted octanol–water partition coefficient (Wildman–Crippen LogP) is 2.10. The molecule has 1 rings (SSSR count). The van der Waals surface area contributed by atoms with Gasteiger partial charge < -0.3 is 10.6 Å². The Balaban J connectivity index is 3.24. The van der Waals surface area contributed by atoms with E-state index in [1.807, 2.05) is 0 Å². The summed E-state index contributed by atoms with van der Waals surface area (Å²) in [6.45, 7) is 0. The van der Waals surface area contributed by atoms with E-state index in [0.717, 1.165) is 6.07 Å². The van der Waals surface area contributed by atoms with Gasteiger partial charge in [-0.1, -0.05) is 0 Å². The zero-order valence-corrected chi connectivity index (χ0v) is 9.45. The van der Waals surface area contributed by atoms with Crippen LogP contribution in [0.25, 0.3) is 0 Å². The summed E-state index contributed by atoms with van der Waals surface area (Å²) in [7, 11) is 1.63. The summed E-state index contributed by atoms with van der Waals surface area (Å²) < 4.78 is 13.1.